The molecule has 4 atom stereocenters. The van der Waals surface area contributed by atoms with Crippen molar-refractivity contribution < 1.29 is 18.3 Å². The summed E-state index contributed by atoms with van der Waals surface area (Å²) in [5.74, 6) is 1.59. The van der Waals surface area contributed by atoms with Crippen LogP contribution < -0.4 is 10.2 Å². The number of aromatic nitrogens is 4. The Balaban J connectivity index is 1.30. The highest BCUT2D eigenvalue weighted by Crippen LogP contribution is 2.48. The number of alkyl halides is 1. The molecule has 0 spiro atoms. The predicted molar refractivity (Wildman–Crippen MR) is 166 cm³/mol. The second-order valence-electron chi connectivity index (χ2n) is 13.0. The van der Waals surface area contributed by atoms with E-state index >= 15 is 4.39 Å². The Kier molecular flexibility index (Phi) is 5.72. The van der Waals surface area contributed by atoms with Gasteiger partial charge < -0.3 is 20.3 Å². The number of phenolic OH excluding ortho intramolecular Hbond substituents is 1. The number of piperazine rings is 1. The molecule has 0 radical (unpaired) electrons. The molecule has 45 heavy (non-hydrogen) atoms. The minimum atomic E-state index is -0.937. The first-order valence-electron chi connectivity index (χ1n) is 15.5. The molecule has 11 heteroatoms. The molecule has 8 nitrogen and oxygen atoms in total. The number of anilines is 1. The number of fused-ring (bicyclic) bond motifs is 6. The average Bonchev–Trinajstić information content (AvgIpc) is 3.78. The molecule has 0 saturated carbocycles. The molecule has 5 aromatic rings. The summed E-state index contributed by atoms with van der Waals surface area (Å²) in [6.45, 7) is 2.63. The van der Waals surface area contributed by atoms with Gasteiger partial charge in [-0.3, -0.25) is 9.88 Å². The number of phenols is 1. The first kappa shape index (κ1) is 27.0. The maximum absolute atomic E-state index is 16.9. The van der Waals surface area contributed by atoms with Crippen LogP contribution in [-0.2, 0) is 5.54 Å². The van der Waals surface area contributed by atoms with Crippen LogP contribution in [-0.4, -0.2) is 74.4 Å². The molecule has 7 heterocycles. The molecule has 9 rings (SSSR count). The number of halogens is 3. The van der Waals surface area contributed by atoms with Crippen LogP contribution in [0.25, 0.3) is 44.1 Å². The molecule has 4 fully saturated rings. The van der Waals surface area contributed by atoms with Gasteiger partial charge in [0.1, 0.15) is 40.3 Å². The highest BCUT2D eigenvalue weighted by molar-refractivity contribution is 6.08. The van der Waals surface area contributed by atoms with E-state index in [0.717, 1.165) is 51.0 Å². The van der Waals surface area contributed by atoms with Crippen LogP contribution >= 0.6 is 0 Å². The van der Waals surface area contributed by atoms with Crippen molar-refractivity contribution in [2.45, 2.75) is 55.9 Å². The van der Waals surface area contributed by atoms with E-state index in [1.807, 2.05) is 0 Å². The number of nitrogens with one attached hydrogen (secondary N) is 2. The maximum Gasteiger partial charge on any atom is 0.175 e. The minimum Gasteiger partial charge on any atom is -0.508 e. The van der Waals surface area contributed by atoms with Crippen molar-refractivity contribution in [3.8, 4) is 29.4 Å². The van der Waals surface area contributed by atoms with Crippen molar-refractivity contribution in [1.82, 2.24) is 30.2 Å². The van der Waals surface area contributed by atoms with Gasteiger partial charge in [-0.05, 0) is 55.8 Å². The van der Waals surface area contributed by atoms with Gasteiger partial charge in [0.05, 0.1) is 16.8 Å². The molecule has 2 aromatic carbocycles. The van der Waals surface area contributed by atoms with E-state index in [9.17, 15) is 13.9 Å². The molecule has 0 aliphatic carbocycles. The summed E-state index contributed by atoms with van der Waals surface area (Å²) in [6, 6.07) is 6.14. The molecule has 228 valence electrons. The molecule has 4 saturated heterocycles. The summed E-state index contributed by atoms with van der Waals surface area (Å²) < 4.78 is 46.5. The fourth-order valence-electron chi connectivity index (χ4n) is 8.54. The molecule has 3 aromatic heterocycles. The van der Waals surface area contributed by atoms with Crippen molar-refractivity contribution in [2.75, 3.05) is 31.1 Å². The zero-order valence-corrected chi connectivity index (χ0v) is 24.4. The number of rotatable bonds is 3. The third kappa shape index (κ3) is 3.85. The van der Waals surface area contributed by atoms with Crippen LogP contribution in [0.2, 0.25) is 0 Å². The van der Waals surface area contributed by atoms with Crippen molar-refractivity contribution in [1.29, 1.82) is 0 Å². The third-order valence-electron chi connectivity index (χ3n) is 10.4. The van der Waals surface area contributed by atoms with Gasteiger partial charge in [0, 0.05) is 60.7 Å². The van der Waals surface area contributed by atoms with Crippen LogP contribution in [0.4, 0.5) is 18.9 Å². The second kappa shape index (κ2) is 9.55. The first-order chi connectivity index (χ1) is 21.8. The molecular weight excluding hydrogens is 579 g/mol. The van der Waals surface area contributed by atoms with E-state index in [2.05, 4.69) is 31.0 Å². The van der Waals surface area contributed by atoms with E-state index < -0.39 is 23.3 Å². The monoisotopic (exact) mass is 609 g/mol. The average molecular weight is 610 g/mol. The van der Waals surface area contributed by atoms with Crippen molar-refractivity contribution in [3.63, 3.8) is 0 Å². The number of imidazole rings is 1. The zero-order chi connectivity index (χ0) is 30.6. The van der Waals surface area contributed by atoms with Crippen LogP contribution in [0.3, 0.4) is 0 Å². The summed E-state index contributed by atoms with van der Waals surface area (Å²) >= 11 is 0. The fourth-order valence-corrected chi connectivity index (χ4v) is 8.54. The van der Waals surface area contributed by atoms with Crippen LogP contribution in [0.15, 0.2) is 30.5 Å². The van der Waals surface area contributed by atoms with E-state index in [-0.39, 0.29) is 33.5 Å². The van der Waals surface area contributed by atoms with Gasteiger partial charge in [0.15, 0.2) is 11.5 Å². The van der Waals surface area contributed by atoms with Crippen LogP contribution in [0.5, 0.6) is 5.75 Å². The highest BCUT2D eigenvalue weighted by atomic mass is 19.1. The summed E-state index contributed by atoms with van der Waals surface area (Å²) in [4.78, 5) is 22.3. The van der Waals surface area contributed by atoms with Crippen molar-refractivity contribution in [3.05, 3.63) is 53.5 Å². The number of benzene rings is 2. The number of nitrogens with zero attached hydrogens (tertiary/aromatic N) is 5. The van der Waals surface area contributed by atoms with Gasteiger partial charge in [-0.1, -0.05) is 12.0 Å². The third-order valence-corrected chi connectivity index (χ3v) is 10.4. The SMILES string of the molecule is C#Cc1c(F)ccc2cc(O)cc(-c3ncc4c(N5C[C@H]6CC[C@@H](C5)N6)c5nc([C@@]67CCCN6C[C@H](F)C7)[nH]c5nc4c3F)c12. The molecule has 3 N–H and O–H groups in total. The Morgan fingerprint density at radius 1 is 1.07 bits per heavy atom. The quantitative estimate of drug-likeness (QED) is 0.240. The van der Waals surface area contributed by atoms with Gasteiger partial charge in [-0.25, -0.2) is 23.1 Å². The van der Waals surface area contributed by atoms with Gasteiger partial charge in [-0.2, -0.15) is 0 Å². The summed E-state index contributed by atoms with van der Waals surface area (Å²) in [5.41, 5.74) is 1.38. The lowest BCUT2D eigenvalue weighted by molar-refractivity contribution is 0.187. The normalized spacial score (nSPS) is 26.4. The fraction of sp³-hybridized carbons (Fsp3) is 0.382. The largest absolute Gasteiger partial charge is 0.508 e. The molecular formula is C34H30F3N7O. The van der Waals surface area contributed by atoms with E-state index in [0.29, 0.717) is 52.8 Å². The maximum atomic E-state index is 16.9. The number of hydrogen-bond donors (Lipinski definition) is 3. The number of aromatic hydroxyl groups is 1. The standard InChI is InChI=1S/C34H30F3N7O/c1-2-22-25(36)7-4-17-10-21(45)11-23(26(17)22)28-27(37)29-24(13-38-28)31(43-15-19-5-6-20(16-43)39-19)30-32(40-29)42-33(41-30)34-8-3-9-44(34)14-18(35)12-34/h1,4,7,10-11,13,18-20,39,45H,3,5-6,8-9,12,14-16H2,(H,40,41,42)/t18-,19-,20+,34+/m1/s1. The van der Waals surface area contributed by atoms with Crippen molar-refractivity contribution in [2.24, 2.45) is 0 Å². The van der Waals surface area contributed by atoms with Gasteiger partial charge >= 0.3 is 0 Å². The van der Waals surface area contributed by atoms with Crippen LogP contribution in [0.1, 0.15) is 43.5 Å². The Hall–Kier alpha value is -4.40. The number of H-pyrrole nitrogens is 1. The lowest BCUT2D eigenvalue weighted by Crippen LogP contribution is -2.51. The topological polar surface area (TPSA) is 93.2 Å². The smallest absolute Gasteiger partial charge is 0.175 e. The molecule has 4 aliphatic rings. The summed E-state index contributed by atoms with van der Waals surface area (Å²) in [5, 5.41) is 15.5. The summed E-state index contributed by atoms with van der Waals surface area (Å²) in [7, 11) is 0. The zero-order valence-electron chi connectivity index (χ0n) is 24.4. The number of terminal acetylenes is 1. The Morgan fingerprint density at radius 2 is 1.89 bits per heavy atom. The highest BCUT2D eigenvalue weighted by Gasteiger charge is 2.52. The Bertz CT molecular complexity index is 2100. The number of pyridine rings is 2. The molecule has 4 aliphatic heterocycles. The Morgan fingerprint density at radius 3 is 2.69 bits per heavy atom. The van der Waals surface area contributed by atoms with Gasteiger partial charge in [0.25, 0.3) is 0 Å². The number of aromatic amines is 1. The van der Waals surface area contributed by atoms with Crippen molar-refractivity contribution >= 4 is 38.5 Å². The van der Waals surface area contributed by atoms with Gasteiger partial charge in [0.2, 0.25) is 0 Å². The number of hydrogen-bond acceptors (Lipinski definition) is 7. The van der Waals surface area contributed by atoms with E-state index in [1.165, 1.54) is 24.3 Å². The minimum absolute atomic E-state index is 0.0366. The Labute approximate surface area is 256 Å². The molecule has 0 amide bonds. The predicted octanol–water partition coefficient (Wildman–Crippen LogP) is 5.26. The van der Waals surface area contributed by atoms with E-state index in [1.54, 1.807) is 6.20 Å². The molecule has 2 bridgehead atoms. The lowest BCUT2D eigenvalue weighted by atomic mass is 9.93. The lowest BCUT2D eigenvalue weighted by Gasteiger charge is -2.35. The second-order valence-corrected chi connectivity index (χ2v) is 13.0. The molecule has 0 unspecified atom stereocenters. The van der Waals surface area contributed by atoms with Gasteiger partial charge in [-0.15, -0.1) is 6.42 Å². The summed E-state index contributed by atoms with van der Waals surface area (Å²) in [6.07, 6.45) is 10.6. The first-order valence-corrected chi connectivity index (χ1v) is 15.5. The van der Waals surface area contributed by atoms with Crippen LogP contribution in [0, 0.1) is 24.0 Å². The van der Waals surface area contributed by atoms with E-state index in [4.69, 9.17) is 16.4 Å².